The van der Waals surface area contributed by atoms with Crippen molar-refractivity contribution < 1.29 is 4.42 Å². The number of hydrogen-bond acceptors (Lipinski definition) is 3. The minimum atomic E-state index is 0.312. The maximum absolute atomic E-state index is 6.00. The zero-order chi connectivity index (χ0) is 13.7. The van der Waals surface area contributed by atoms with Crippen molar-refractivity contribution >= 4 is 52.4 Å². The highest BCUT2D eigenvalue weighted by Gasteiger charge is 2.02. The Labute approximate surface area is 125 Å². The molecule has 1 aromatic carbocycles. The molecule has 1 heterocycles. The Balaban J connectivity index is 1.91. The van der Waals surface area contributed by atoms with Crippen LogP contribution in [-0.2, 0) is 0 Å². The summed E-state index contributed by atoms with van der Waals surface area (Å²) in [5, 5.41) is 8.17. The van der Waals surface area contributed by atoms with Crippen LogP contribution in [-0.4, -0.2) is 11.3 Å². The Morgan fingerprint density at radius 2 is 2.16 bits per heavy atom. The molecule has 0 atom stereocenters. The first-order chi connectivity index (χ1) is 9.15. The van der Waals surface area contributed by atoms with Gasteiger partial charge in [0.05, 0.1) is 23.2 Å². The molecule has 0 spiro atoms. The molecule has 0 unspecified atom stereocenters. The second kappa shape index (κ2) is 6.56. The fourth-order valence-electron chi connectivity index (χ4n) is 1.26. The molecule has 0 bridgehead atoms. The number of rotatable bonds is 3. The van der Waals surface area contributed by atoms with Crippen LogP contribution in [0, 0.1) is 0 Å². The van der Waals surface area contributed by atoms with Crippen LogP contribution in [0.4, 0.5) is 5.69 Å². The van der Waals surface area contributed by atoms with Gasteiger partial charge in [0.1, 0.15) is 5.76 Å². The molecule has 19 heavy (non-hydrogen) atoms. The highest BCUT2D eigenvalue weighted by Crippen LogP contribution is 2.25. The van der Waals surface area contributed by atoms with E-state index in [9.17, 15) is 0 Å². The maximum atomic E-state index is 6.00. The summed E-state index contributed by atoms with van der Waals surface area (Å²) in [5.41, 5.74) is 3.30. The third-order valence-corrected chi connectivity index (χ3v) is 2.82. The van der Waals surface area contributed by atoms with E-state index >= 15 is 0 Å². The summed E-state index contributed by atoms with van der Waals surface area (Å²) < 4.78 is 5.08. The predicted molar refractivity (Wildman–Crippen MR) is 82.1 cm³/mol. The molecule has 0 fully saturated rings. The minimum absolute atomic E-state index is 0.312. The van der Waals surface area contributed by atoms with E-state index in [0.717, 1.165) is 0 Å². The highest BCUT2D eigenvalue weighted by atomic mass is 35.5. The molecule has 0 amide bonds. The van der Waals surface area contributed by atoms with Crippen molar-refractivity contribution in [3.63, 3.8) is 0 Å². The first-order valence-electron chi connectivity index (χ1n) is 5.24. The van der Waals surface area contributed by atoms with Gasteiger partial charge in [0, 0.05) is 5.02 Å². The Bertz CT molecular complexity index is 599. The number of halogens is 2. The summed E-state index contributed by atoms with van der Waals surface area (Å²) in [7, 11) is 0. The topological polar surface area (TPSA) is 49.6 Å². The highest BCUT2D eigenvalue weighted by molar-refractivity contribution is 7.80. The smallest absolute Gasteiger partial charge is 0.191 e. The molecule has 7 heteroatoms. The zero-order valence-corrected chi connectivity index (χ0v) is 11.9. The molecule has 98 valence electrons. The van der Waals surface area contributed by atoms with E-state index in [4.69, 9.17) is 39.8 Å². The van der Waals surface area contributed by atoms with Gasteiger partial charge in [-0.3, -0.25) is 5.43 Å². The van der Waals surface area contributed by atoms with Crippen molar-refractivity contribution in [2.24, 2.45) is 5.10 Å². The normalized spacial score (nSPS) is 10.6. The van der Waals surface area contributed by atoms with Gasteiger partial charge in [0.15, 0.2) is 5.11 Å². The first-order valence-corrected chi connectivity index (χ1v) is 6.40. The van der Waals surface area contributed by atoms with Gasteiger partial charge in [-0.05, 0) is 42.5 Å². The zero-order valence-electron chi connectivity index (χ0n) is 9.56. The maximum Gasteiger partial charge on any atom is 0.191 e. The van der Waals surface area contributed by atoms with Gasteiger partial charge >= 0.3 is 0 Å². The van der Waals surface area contributed by atoms with Gasteiger partial charge < -0.3 is 9.73 Å². The van der Waals surface area contributed by atoms with E-state index in [1.54, 1.807) is 36.6 Å². The van der Waals surface area contributed by atoms with Crippen LogP contribution in [0.5, 0.6) is 0 Å². The standard InChI is InChI=1S/C12H9Cl2N3OS/c13-8-3-4-11(10(14)6-8)16-12(19)17-15-7-9-2-1-5-18-9/h1-7H,(H2,16,17,19)/b15-7+. The molecule has 2 rings (SSSR count). The number of thiocarbonyl (C=S) groups is 1. The summed E-state index contributed by atoms with van der Waals surface area (Å²) in [6.07, 6.45) is 3.07. The lowest BCUT2D eigenvalue weighted by molar-refractivity contribution is 0.560. The SMILES string of the molecule is S=C(N/N=C/c1ccco1)Nc1ccc(Cl)cc1Cl. The molecular weight excluding hydrogens is 305 g/mol. The largest absolute Gasteiger partial charge is 0.463 e. The van der Waals surface area contributed by atoms with Gasteiger partial charge in [-0.2, -0.15) is 5.10 Å². The Morgan fingerprint density at radius 3 is 2.84 bits per heavy atom. The van der Waals surface area contributed by atoms with E-state index in [1.165, 1.54) is 6.21 Å². The van der Waals surface area contributed by atoms with Crippen LogP contribution in [0.2, 0.25) is 10.0 Å². The number of hydrogen-bond donors (Lipinski definition) is 2. The van der Waals surface area contributed by atoms with Crippen molar-refractivity contribution in [1.82, 2.24) is 5.43 Å². The van der Waals surface area contributed by atoms with E-state index in [1.807, 2.05) is 0 Å². The monoisotopic (exact) mass is 313 g/mol. The summed E-state index contributed by atoms with van der Waals surface area (Å²) in [4.78, 5) is 0. The molecule has 0 saturated carbocycles. The van der Waals surface area contributed by atoms with Crippen LogP contribution in [0.3, 0.4) is 0 Å². The summed E-state index contributed by atoms with van der Waals surface area (Å²) in [6.45, 7) is 0. The fraction of sp³-hybridized carbons (Fsp3) is 0. The van der Waals surface area contributed by atoms with E-state index in [0.29, 0.717) is 26.6 Å². The van der Waals surface area contributed by atoms with Crippen LogP contribution in [0.1, 0.15) is 5.76 Å². The third-order valence-electron chi connectivity index (χ3n) is 2.08. The van der Waals surface area contributed by atoms with Gasteiger partial charge in [-0.15, -0.1) is 0 Å². The van der Waals surface area contributed by atoms with Crippen LogP contribution >= 0.6 is 35.4 Å². The molecule has 2 N–H and O–H groups in total. The second-order valence-corrected chi connectivity index (χ2v) is 4.72. The molecule has 0 aliphatic heterocycles. The predicted octanol–water partition coefficient (Wildman–Crippen LogP) is 3.91. The van der Waals surface area contributed by atoms with Crippen molar-refractivity contribution in [3.05, 3.63) is 52.4 Å². The molecule has 4 nitrogen and oxygen atoms in total. The van der Waals surface area contributed by atoms with E-state index in [2.05, 4.69) is 15.8 Å². The van der Waals surface area contributed by atoms with E-state index in [-0.39, 0.29) is 0 Å². The van der Waals surface area contributed by atoms with E-state index < -0.39 is 0 Å². The van der Waals surface area contributed by atoms with Crippen LogP contribution < -0.4 is 10.7 Å². The van der Waals surface area contributed by atoms with Gasteiger partial charge in [0.25, 0.3) is 0 Å². The summed E-state index contributed by atoms with van der Waals surface area (Å²) >= 11 is 16.9. The van der Waals surface area contributed by atoms with Crippen LogP contribution in [0.15, 0.2) is 46.1 Å². The Morgan fingerprint density at radius 1 is 1.32 bits per heavy atom. The summed E-state index contributed by atoms with van der Waals surface area (Å²) in [5.74, 6) is 0.625. The number of nitrogens with zero attached hydrogens (tertiary/aromatic N) is 1. The van der Waals surface area contributed by atoms with Gasteiger partial charge in [-0.1, -0.05) is 23.2 Å². The van der Waals surface area contributed by atoms with Crippen molar-refractivity contribution in [1.29, 1.82) is 0 Å². The number of furan rings is 1. The summed E-state index contributed by atoms with van der Waals surface area (Å²) in [6, 6.07) is 8.61. The first kappa shape index (κ1) is 13.9. The van der Waals surface area contributed by atoms with Crippen molar-refractivity contribution in [3.8, 4) is 0 Å². The number of nitrogens with one attached hydrogen (secondary N) is 2. The molecule has 1 aromatic heterocycles. The number of benzene rings is 1. The number of hydrazone groups is 1. The van der Waals surface area contributed by atoms with Crippen LogP contribution in [0.25, 0.3) is 0 Å². The van der Waals surface area contributed by atoms with Gasteiger partial charge in [-0.25, -0.2) is 0 Å². The third kappa shape index (κ3) is 4.24. The fourth-order valence-corrected chi connectivity index (χ4v) is 1.88. The molecule has 0 radical (unpaired) electrons. The van der Waals surface area contributed by atoms with Crippen molar-refractivity contribution in [2.45, 2.75) is 0 Å². The minimum Gasteiger partial charge on any atom is -0.463 e. The number of anilines is 1. The quantitative estimate of drug-likeness (QED) is 0.512. The Kier molecular flexibility index (Phi) is 4.79. The molecular formula is C12H9Cl2N3OS. The lowest BCUT2D eigenvalue weighted by Gasteiger charge is -2.08. The molecule has 0 aliphatic rings. The molecule has 2 aromatic rings. The average molecular weight is 314 g/mol. The molecule has 0 saturated heterocycles. The van der Waals surface area contributed by atoms with Crippen molar-refractivity contribution in [2.75, 3.05) is 5.32 Å². The van der Waals surface area contributed by atoms with Gasteiger partial charge in [0.2, 0.25) is 0 Å². The lowest BCUT2D eigenvalue weighted by Crippen LogP contribution is -2.23. The Hall–Kier alpha value is -1.56. The second-order valence-electron chi connectivity index (χ2n) is 3.46. The average Bonchev–Trinajstić information content (AvgIpc) is 2.86. The molecule has 0 aliphatic carbocycles. The lowest BCUT2D eigenvalue weighted by atomic mass is 10.3.